The average Bonchev–Trinajstić information content (AvgIpc) is 2.85. The Labute approximate surface area is 117 Å². The van der Waals surface area contributed by atoms with Gasteiger partial charge in [-0.05, 0) is 88.8 Å². The van der Waals surface area contributed by atoms with Gasteiger partial charge >= 0.3 is 0 Å². The Morgan fingerprint density at radius 3 is 2.32 bits per heavy atom. The van der Waals surface area contributed by atoms with Crippen molar-refractivity contribution in [2.75, 3.05) is 26.2 Å². The first-order valence-corrected chi connectivity index (χ1v) is 7.67. The standard InChI is InChI=1S/C17H27NO/c1-15-12-16(2)14-17(13-15)19-11-7-3-4-8-18-9-5-6-10-18/h12-14H,3-11H2,1-2H3. The molecule has 2 rings (SSSR count). The summed E-state index contributed by atoms with van der Waals surface area (Å²) in [6.45, 7) is 9.01. The van der Waals surface area contributed by atoms with E-state index in [-0.39, 0.29) is 0 Å². The van der Waals surface area contributed by atoms with Crippen molar-refractivity contribution < 1.29 is 4.74 Å². The van der Waals surface area contributed by atoms with Crippen LogP contribution in [0.25, 0.3) is 0 Å². The maximum absolute atomic E-state index is 5.83. The van der Waals surface area contributed by atoms with Crippen LogP contribution in [0.5, 0.6) is 5.75 Å². The summed E-state index contributed by atoms with van der Waals surface area (Å²) in [4.78, 5) is 2.59. The van der Waals surface area contributed by atoms with Gasteiger partial charge in [-0.1, -0.05) is 6.07 Å². The Kier molecular flexibility index (Phi) is 5.71. The van der Waals surface area contributed by atoms with E-state index >= 15 is 0 Å². The van der Waals surface area contributed by atoms with Crippen LogP contribution in [0.3, 0.4) is 0 Å². The van der Waals surface area contributed by atoms with Gasteiger partial charge in [0.1, 0.15) is 5.75 Å². The molecule has 2 heteroatoms. The molecule has 0 aliphatic carbocycles. The van der Waals surface area contributed by atoms with E-state index in [0.717, 1.165) is 12.4 Å². The zero-order valence-electron chi connectivity index (χ0n) is 12.5. The van der Waals surface area contributed by atoms with Crippen LogP contribution in [0.1, 0.15) is 43.2 Å². The number of hydrogen-bond donors (Lipinski definition) is 0. The molecule has 19 heavy (non-hydrogen) atoms. The van der Waals surface area contributed by atoms with Crippen LogP contribution in [0.15, 0.2) is 18.2 Å². The Morgan fingerprint density at radius 1 is 0.947 bits per heavy atom. The summed E-state index contributed by atoms with van der Waals surface area (Å²) >= 11 is 0. The highest BCUT2D eigenvalue weighted by Crippen LogP contribution is 2.16. The van der Waals surface area contributed by atoms with E-state index in [1.54, 1.807) is 0 Å². The lowest BCUT2D eigenvalue weighted by Gasteiger charge is -2.14. The molecule has 0 radical (unpaired) electrons. The topological polar surface area (TPSA) is 12.5 Å². The van der Waals surface area contributed by atoms with E-state index in [1.807, 2.05) is 0 Å². The second-order valence-electron chi connectivity index (χ2n) is 5.78. The molecule has 106 valence electrons. The molecular formula is C17H27NO. The Hall–Kier alpha value is -1.02. The maximum atomic E-state index is 5.83. The van der Waals surface area contributed by atoms with Crippen LogP contribution in [-0.4, -0.2) is 31.1 Å². The summed E-state index contributed by atoms with van der Waals surface area (Å²) in [5.41, 5.74) is 2.56. The molecule has 0 saturated carbocycles. The lowest BCUT2D eigenvalue weighted by molar-refractivity contribution is 0.290. The van der Waals surface area contributed by atoms with Gasteiger partial charge in [0, 0.05) is 0 Å². The van der Waals surface area contributed by atoms with Gasteiger partial charge in [-0.25, -0.2) is 0 Å². The number of benzene rings is 1. The SMILES string of the molecule is Cc1cc(C)cc(OCCCCCN2CCCC2)c1. The molecule has 0 bridgehead atoms. The first-order chi connectivity index (χ1) is 9.24. The van der Waals surface area contributed by atoms with Crippen LogP contribution >= 0.6 is 0 Å². The zero-order valence-corrected chi connectivity index (χ0v) is 12.5. The molecule has 0 aromatic heterocycles. The van der Waals surface area contributed by atoms with Crippen molar-refractivity contribution >= 4 is 0 Å². The highest BCUT2D eigenvalue weighted by atomic mass is 16.5. The van der Waals surface area contributed by atoms with E-state index in [9.17, 15) is 0 Å². The third kappa shape index (κ3) is 5.23. The number of ether oxygens (including phenoxy) is 1. The lowest BCUT2D eigenvalue weighted by Crippen LogP contribution is -2.20. The van der Waals surface area contributed by atoms with Crippen molar-refractivity contribution in [3.05, 3.63) is 29.3 Å². The molecule has 1 aliphatic rings. The molecule has 1 saturated heterocycles. The number of likely N-dealkylation sites (tertiary alicyclic amines) is 1. The van der Waals surface area contributed by atoms with Crippen molar-refractivity contribution in [3.8, 4) is 5.75 Å². The fourth-order valence-electron chi connectivity index (χ4n) is 2.83. The molecule has 1 aromatic carbocycles. The van der Waals surface area contributed by atoms with Crippen LogP contribution in [0, 0.1) is 13.8 Å². The highest BCUT2D eigenvalue weighted by molar-refractivity contribution is 5.32. The molecular weight excluding hydrogens is 234 g/mol. The number of rotatable bonds is 7. The fourth-order valence-corrected chi connectivity index (χ4v) is 2.83. The second-order valence-corrected chi connectivity index (χ2v) is 5.78. The zero-order chi connectivity index (χ0) is 13.5. The van der Waals surface area contributed by atoms with E-state index < -0.39 is 0 Å². The van der Waals surface area contributed by atoms with Crippen LogP contribution < -0.4 is 4.74 Å². The second kappa shape index (κ2) is 7.54. The van der Waals surface area contributed by atoms with Crippen molar-refractivity contribution in [1.29, 1.82) is 0 Å². The minimum atomic E-state index is 0.850. The predicted octanol–water partition coefficient (Wildman–Crippen LogP) is 3.95. The van der Waals surface area contributed by atoms with Gasteiger partial charge in [0.05, 0.1) is 6.61 Å². The maximum Gasteiger partial charge on any atom is 0.119 e. The Bertz CT molecular complexity index is 363. The van der Waals surface area contributed by atoms with E-state index in [4.69, 9.17) is 4.74 Å². The average molecular weight is 261 g/mol. The van der Waals surface area contributed by atoms with Crippen molar-refractivity contribution in [1.82, 2.24) is 4.90 Å². The van der Waals surface area contributed by atoms with Gasteiger partial charge in [-0.3, -0.25) is 0 Å². The Balaban J connectivity index is 1.56. The molecule has 0 unspecified atom stereocenters. The summed E-state index contributed by atoms with van der Waals surface area (Å²) in [5, 5.41) is 0. The largest absolute Gasteiger partial charge is 0.494 e. The monoisotopic (exact) mass is 261 g/mol. The molecule has 1 fully saturated rings. The molecule has 2 nitrogen and oxygen atoms in total. The quantitative estimate of drug-likeness (QED) is 0.689. The fraction of sp³-hybridized carbons (Fsp3) is 0.647. The van der Waals surface area contributed by atoms with E-state index in [2.05, 4.69) is 36.9 Å². The lowest BCUT2D eigenvalue weighted by atomic mass is 10.1. The van der Waals surface area contributed by atoms with Crippen LogP contribution in [0.4, 0.5) is 0 Å². The first kappa shape index (κ1) is 14.4. The summed E-state index contributed by atoms with van der Waals surface area (Å²) in [7, 11) is 0. The Morgan fingerprint density at radius 2 is 1.63 bits per heavy atom. The van der Waals surface area contributed by atoms with Gasteiger partial charge in [0.15, 0.2) is 0 Å². The van der Waals surface area contributed by atoms with E-state index in [0.29, 0.717) is 0 Å². The number of nitrogens with zero attached hydrogens (tertiary/aromatic N) is 1. The highest BCUT2D eigenvalue weighted by Gasteiger charge is 2.09. The summed E-state index contributed by atoms with van der Waals surface area (Å²) in [6, 6.07) is 6.43. The molecule has 0 N–H and O–H groups in total. The molecule has 0 amide bonds. The summed E-state index contributed by atoms with van der Waals surface area (Å²) in [5.74, 6) is 1.03. The minimum Gasteiger partial charge on any atom is -0.494 e. The van der Waals surface area contributed by atoms with Gasteiger partial charge in [0.25, 0.3) is 0 Å². The molecule has 1 aromatic rings. The van der Waals surface area contributed by atoms with Gasteiger partial charge < -0.3 is 9.64 Å². The minimum absolute atomic E-state index is 0.850. The van der Waals surface area contributed by atoms with Crippen molar-refractivity contribution in [2.24, 2.45) is 0 Å². The third-order valence-electron chi connectivity index (χ3n) is 3.78. The third-order valence-corrected chi connectivity index (χ3v) is 3.78. The van der Waals surface area contributed by atoms with Gasteiger partial charge in [-0.15, -0.1) is 0 Å². The number of unbranched alkanes of at least 4 members (excludes halogenated alkanes) is 2. The normalized spacial score (nSPS) is 15.9. The first-order valence-electron chi connectivity index (χ1n) is 7.67. The molecule has 1 heterocycles. The smallest absolute Gasteiger partial charge is 0.119 e. The molecule has 1 aliphatic heterocycles. The van der Waals surface area contributed by atoms with Crippen LogP contribution in [-0.2, 0) is 0 Å². The molecule has 0 spiro atoms. The van der Waals surface area contributed by atoms with Crippen LogP contribution in [0.2, 0.25) is 0 Å². The van der Waals surface area contributed by atoms with Crippen molar-refractivity contribution in [2.45, 2.75) is 46.0 Å². The number of aryl methyl sites for hydroxylation is 2. The summed E-state index contributed by atoms with van der Waals surface area (Å²) < 4.78 is 5.83. The van der Waals surface area contributed by atoms with Gasteiger partial charge in [0.2, 0.25) is 0 Å². The summed E-state index contributed by atoms with van der Waals surface area (Å²) in [6.07, 6.45) is 6.56. The molecule has 0 atom stereocenters. The van der Waals surface area contributed by atoms with Gasteiger partial charge in [-0.2, -0.15) is 0 Å². The number of hydrogen-bond acceptors (Lipinski definition) is 2. The van der Waals surface area contributed by atoms with E-state index in [1.165, 1.54) is 62.9 Å². The van der Waals surface area contributed by atoms with Crippen molar-refractivity contribution in [3.63, 3.8) is 0 Å². The predicted molar refractivity (Wildman–Crippen MR) is 80.9 cm³/mol.